The fourth-order valence-corrected chi connectivity index (χ4v) is 3.12. The number of nitrogens with zero attached hydrogens (tertiary/aromatic N) is 2. The van der Waals surface area contributed by atoms with Crippen LogP contribution in [0.1, 0.15) is 32.1 Å². The summed E-state index contributed by atoms with van der Waals surface area (Å²) in [5.74, 6) is 0.768. The number of hydrogen-bond acceptors (Lipinski definition) is 4. The Bertz CT molecular complexity index is 526. The van der Waals surface area contributed by atoms with Gasteiger partial charge in [0.1, 0.15) is 11.4 Å². The average molecular weight is 288 g/mol. The molecule has 2 N–H and O–H groups in total. The first-order valence-electron chi connectivity index (χ1n) is 7.50. The summed E-state index contributed by atoms with van der Waals surface area (Å²) >= 11 is 0. The molecule has 1 spiro atoms. The van der Waals surface area contributed by atoms with Crippen LogP contribution in [0.25, 0.3) is 0 Å². The molecule has 6 nitrogen and oxygen atoms in total. The Morgan fingerprint density at radius 2 is 2.10 bits per heavy atom. The molecule has 3 amide bonds. The van der Waals surface area contributed by atoms with E-state index in [-0.39, 0.29) is 11.9 Å². The minimum atomic E-state index is -0.592. The first-order valence-corrected chi connectivity index (χ1v) is 7.50. The molecule has 1 saturated heterocycles. The highest BCUT2D eigenvalue weighted by atomic mass is 16.2. The first kappa shape index (κ1) is 13.9. The van der Waals surface area contributed by atoms with Gasteiger partial charge in [0.2, 0.25) is 0 Å². The van der Waals surface area contributed by atoms with Crippen LogP contribution in [-0.4, -0.2) is 40.5 Å². The maximum atomic E-state index is 12.4. The fourth-order valence-electron chi connectivity index (χ4n) is 3.12. The summed E-state index contributed by atoms with van der Waals surface area (Å²) < 4.78 is 0. The smallest absolute Gasteiger partial charge is 0.325 e. The molecule has 1 aliphatic heterocycles. The summed E-state index contributed by atoms with van der Waals surface area (Å²) in [6, 6.07) is 5.43. The summed E-state index contributed by atoms with van der Waals surface area (Å²) in [7, 11) is 0. The van der Waals surface area contributed by atoms with E-state index in [1.807, 2.05) is 18.2 Å². The number of hydrogen-bond donors (Lipinski definition) is 2. The van der Waals surface area contributed by atoms with Crippen LogP contribution < -0.4 is 10.6 Å². The molecule has 3 rings (SSSR count). The summed E-state index contributed by atoms with van der Waals surface area (Å²) in [5.41, 5.74) is -0.592. The van der Waals surface area contributed by atoms with Gasteiger partial charge in [0, 0.05) is 19.3 Å². The SMILES string of the molecule is O=C1NC2(CCCC2)C(=O)N1CCCNc1ccccn1. The van der Waals surface area contributed by atoms with E-state index in [0.29, 0.717) is 19.5 Å². The predicted octanol–water partition coefficient (Wildman–Crippen LogP) is 1.75. The van der Waals surface area contributed by atoms with E-state index in [2.05, 4.69) is 15.6 Å². The van der Waals surface area contributed by atoms with Gasteiger partial charge >= 0.3 is 6.03 Å². The Balaban J connectivity index is 1.49. The number of nitrogens with one attached hydrogen (secondary N) is 2. The molecule has 21 heavy (non-hydrogen) atoms. The van der Waals surface area contributed by atoms with E-state index < -0.39 is 5.54 Å². The quantitative estimate of drug-likeness (QED) is 0.639. The molecule has 2 heterocycles. The highest BCUT2D eigenvalue weighted by molar-refractivity contribution is 6.07. The fraction of sp³-hybridized carbons (Fsp3) is 0.533. The number of carbonyl (C=O) groups is 2. The molecule has 1 aliphatic carbocycles. The first-order chi connectivity index (χ1) is 10.2. The van der Waals surface area contributed by atoms with E-state index in [1.54, 1.807) is 6.20 Å². The molecule has 1 aromatic heterocycles. The van der Waals surface area contributed by atoms with Gasteiger partial charge in [0.05, 0.1) is 0 Å². The van der Waals surface area contributed by atoms with Gasteiger partial charge in [-0.3, -0.25) is 9.69 Å². The van der Waals surface area contributed by atoms with Crippen molar-refractivity contribution in [2.45, 2.75) is 37.6 Å². The molecule has 1 aromatic rings. The van der Waals surface area contributed by atoms with Crippen LogP contribution in [0, 0.1) is 0 Å². The zero-order chi connectivity index (χ0) is 14.7. The third-order valence-electron chi connectivity index (χ3n) is 4.23. The number of rotatable bonds is 5. The number of amides is 3. The van der Waals surface area contributed by atoms with Crippen LogP contribution in [0.3, 0.4) is 0 Å². The van der Waals surface area contributed by atoms with E-state index in [9.17, 15) is 9.59 Å². The highest BCUT2D eigenvalue weighted by Gasteiger charge is 2.51. The molecule has 0 unspecified atom stereocenters. The van der Waals surface area contributed by atoms with Crippen LogP contribution in [0.2, 0.25) is 0 Å². The lowest BCUT2D eigenvalue weighted by Crippen LogP contribution is -2.44. The van der Waals surface area contributed by atoms with Crippen molar-refractivity contribution in [3.63, 3.8) is 0 Å². The van der Waals surface area contributed by atoms with E-state index in [1.165, 1.54) is 4.90 Å². The lowest BCUT2D eigenvalue weighted by molar-refractivity contribution is -0.131. The molecule has 2 aliphatic rings. The van der Waals surface area contributed by atoms with Crippen molar-refractivity contribution in [2.24, 2.45) is 0 Å². The van der Waals surface area contributed by atoms with Crippen LogP contribution in [0.4, 0.5) is 10.6 Å². The molecule has 0 radical (unpaired) electrons. The van der Waals surface area contributed by atoms with Crippen LogP contribution in [0.5, 0.6) is 0 Å². The van der Waals surface area contributed by atoms with Crippen molar-refractivity contribution in [1.29, 1.82) is 0 Å². The highest BCUT2D eigenvalue weighted by Crippen LogP contribution is 2.34. The molecule has 0 bridgehead atoms. The topological polar surface area (TPSA) is 74.3 Å². The molecule has 2 fully saturated rings. The van der Waals surface area contributed by atoms with Crippen molar-refractivity contribution < 1.29 is 9.59 Å². The Morgan fingerprint density at radius 3 is 2.81 bits per heavy atom. The normalized spacial score (nSPS) is 20.1. The summed E-state index contributed by atoms with van der Waals surface area (Å²) in [4.78, 5) is 29.9. The minimum absolute atomic E-state index is 0.0390. The van der Waals surface area contributed by atoms with Gasteiger partial charge in [-0.1, -0.05) is 18.9 Å². The van der Waals surface area contributed by atoms with Crippen molar-refractivity contribution in [1.82, 2.24) is 15.2 Å². The average Bonchev–Trinajstić information content (AvgIpc) is 3.05. The largest absolute Gasteiger partial charge is 0.370 e. The number of anilines is 1. The lowest BCUT2D eigenvalue weighted by Gasteiger charge is -2.20. The number of imide groups is 1. The van der Waals surface area contributed by atoms with Gasteiger partial charge in [-0.15, -0.1) is 0 Å². The molecule has 6 heteroatoms. The molecular weight excluding hydrogens is 268 g/mol. The summed E-state index contributed by atoms with van der Waals surface area (Å²) in [6.07, 6.45) is 6.03. The maximum absolute atomic E-state index is 12.4. The van der Waals surface area contributed by atoms with Gasteiger partial charge < -0.3 is 10.6 Å². The second-order valence-electron chi connectivity index (χ2n) is 5.67. The molecule has 112 valence electrons. The predicted molar refractivity (Wildman–Crippen MR) is 78.8 cm³/mol. The third-order valence-corrected chi connectivity index (χ3v) is 4.23. The molecule has 0 atom stereocenters. The summed E-state index contributed by atoms with van der Waals surface area (Å²) in [5, 5.41) is 6.07. The minimum Gasteiger partial charge on any atom is -0.370 e. The Labute approximate surface area is 123 Å². The zero-order valence-corrected chi connectivity index (χ0v) is 12.0. The van der Waals surface area contributed by atoms with E-state index in [4.69, 9.17) is 0 Å². The van der Waals surface area contributed by atoms with Crippen LogP contribution >= 0.6 is 0 Å². The number of pyridine rings is 1. The van der Waals surface area contributed by atoms with E-state index in [0.717, 1.165) is 31.5 Å². The second kappa shape index (κ2) is 5.71. The molecule has 1 saturated carbocycles. The van der Waals surface area contributed by atoms with Gasteiger partial charge in [-0.2, -0.15) is 0 Å². The van der Waals surface area contributed by atoms with Crippen molar-refractivity contribution >= 4 is 17.8 Å². The van der Waals surface area contributed by atoms with Gasteiger partial charge in [-0.25, -0.2) is 9.78 Å². The van der Waals surface area contributed by atoms with Gasteiger partial charge in [-0.05, 0) is 31.4 Å². The summed E-state index contributed by atoms with van der Waals surface area (Å²) in [6.45, 7) is 1.13. The standard InChI is InChI=1S/C15H20N4O2/c20-13-15(7-2-3-8-15)18-14(21)19(13)11-5-10-17-12-6-1-4-9-16-12/h1,4,6,9H,2-3,5,7-8,10-11H2,(H,16,17)(H,18,21). The maximum Gasteiger partial charge on any atom is 0.325 e. The molecular formula is C15H20N4O2. The Kier molecular flexibility index (Phi) is 3.77. The van der Waals surface area contributed by atoms with Crippen molar-refractivity contribution in [3.05, 3.63) is 24.4 Å². The second-order valence-corrected chi connectivity index (χ2v) is 5.67. The zero-order valence-electron chi connectivity index (χ0n) is 12.0. The van der Waals surface area contributed by atoms with Gasteiger partial charge in [0.15, 0.2) is 0 Å². The van der Waals surface area contributed by atoms with E-state index >= 15 is 0 Å². The number of aromatic nitrogens is 1. The number of carbonyl (C=O) groups excluding carboxylic acids is 2. The van der Waals surface area contributed by atoms with Crippen LogP contribution in [-0.2, 0) is 4.79 Å². The lowest BCUT2D eigenvalue weighted by atomic mass is 9.98. The third kappa shape index (κ3) is 2.70. The van der Waals surface area contributed by atoms with Crippen molar-refractivity contribution in [2.75, 3.05) is 18.4 Å². The Hall–Kier alpha value is -2.11. The Morgan fingerprint density at radius 1 is 1.29 bits per heavy atom. The van der Waals surface area contributed by atoms with Crippen LogP contribution in [0.15, 0.2) is 24.4 Å². The van der Waals surface area contributed by atoms with Crippen molar-refractivity contribution in [3.8, 4) is 0 Å². The molecule has 0 aromatic carbocycles. The van der Waals surface area contributed by atoms with Gasteiger partial charge in [0.25, 0.3) is 5.91 Å². The monoisotopic (exact) mass is 288 g/mol. The number of urea groups is 1.